The monoisotopic (exact) mass is 886 g/mol. The van der Waals surface area contributed by atoms with Gasteiger partial charge in [0, 0.05) is 12.8 Å². The number of allylic oxidation sites excluding steroid dienone is 5. The van der Waals surface area contributed by atoms with Crippen molar-refractivity contribution in [2.24, 2.45) is 0 Å². The minimum atomic E-state index is -0.853. The van der Waals surface area contributed by atoms with Gasteiger partial charge in [-0.1, -0.05) is 230 Å². The highest BCUT2D eigenvalue weighted by Crippen LogP contribution is 2.16. The third kappa shape index (κ3) is 49.4. The van der Waals surface area contributed by atoms with Crippen LogP contribution in [0.25, 0.3) is 0 Å². The van der Waals surface area contributed by atoms with Crippen LogP contribution < -0.4 is 5.32 Å². The van der Waals surface area contributed by atoms with E-state index >= 15 is 0 Å². The Balaban J connectivity index is 3.50. The molecular formula is C57H107NO5. The molecule has 0 spiro atoms. The molecule has 2 atom stereocenters. The molecule has 3 N–H and O–H groups in total. The number of carbonyl (C=O) groups excluding carboxylic acids is 2. The quantitative estimate of drug-likeness (QED) is 0.0321. The summed E-state index contributed by atoms with van der Waals surface area (Å²) in [7, 11) is 0. The summed E-state index contributed by atoms with van der Waals surface area (Å²) in [6, 6.07) is -0.638. The van der Waals surface area contributed by atoms with Crippen molar-refractivity contribution in [1.82, 2.24) is 5.32 Å². The van der Waals surface area contributed by atoms with E-state index in [1.54, 1.807) is 6.08 Å². The highest BCUT2D eigenvalue weighted by atomic mass is 16.5. The molecule has 63 heavy (non-hydrogen) atoms. The van der Waals surface area contributed by atoms with Crippen molar-refractivity contribution in [3.63, 3.8) is 0 Å². The van der Waals surface area contributed by atoms with E-state index in [0.717, 1.165) is 64.2 Å². The fourth-order valence-corrected chi connectivity index (χ4v) is 8.33. The molecule has 0 aromatic heterocycles. The van der Waals surface area contributed by atoms with Crippen molar-refractivity contribution in [2.45, 2.75) is 302 Å². The Morgan fingerprint density at radius 2 is 0.746 bits per heavy atom. The second kappa shape index (κ2) is 52.7. The minimum absolute atomic E-state index is 0.00837. The molecule has 0 saturated heterocycles. The average Bonchev–Trinajstić information content (AvgIpc) is 3.28. The normalized spacial score (nSPS) is 12.9. The van der Waals surface area contributed by atoms with Gasteiger partial charge in [-0.25, -0.2) is 0 Å². The Labute approximate surface area is 392 Å². The lowest BCUT2D eigenvalue weighted by Crippen LogP contribution is -2.45. The van der Waals surface area contributed by atoms with Gasteiger partial charge in [0.2, 0.25) is 5.91 Å². The number of aliphatic hydroxyl groups is 2. The average molecular weight is 886 g/mol. The highest BCUT2D eigenvalue weighted by molar-refractivity contribution is 5.76. The van der Waals surface area contributed by atoms with E-state index in [9.17, 15) is 19.8 Å². The summed E-state index contributed by atoms with van der Waals surface area (Å²) in [6.07, 6.45) is 64.4. The molecule has 2 unspecified atom stereocenters. The van der Waals surface area contributed by atoms with Crippen LogP contribution in [0.15, 0.2) is 36.5 Å². The lowest BCUT2D eigenvalue weighted by molar-refractivity contribution is -0.143. The number of amides is 1. The van der Waals surface area contributed by atoms with Crippen molar-refractivity contribution in [2.75, 3.05) is 13.2 Å². The van der Waals surface area contributed by atoms with E-state index < -0.39 is 12.1 Å². The number of unbranched alkanes of at least 4 members (excludes halogenated alkanes) is 36. The number of carbonyl (C=O) groups is 2. The van der Waals surface area contributed by atoms with Crippen LogP contribution in [0.3, 0.4) is 0 Å². The van der Waals surface area contributed by atoms with E-state index in [-0.39, 0.29) is 18.5 Å². The molecule has 370 valence electrons. The van der Waals surface area contributed by atoms with Crippen LogP contribution in [0, 0.1) is 0 Å². The molecule has 6 heteroatoms. The van der Waals surface area contributed by atoms with Crippen LogP contribution in [0.5, 0.6) is 0 Å². The molecular weight excluding hydrogens is 779 g/mol. The molecule has 0 aliphatic heterocycles. The van der Waals surface area contributed by atoms with Gasteiger partial charge >= 0.3 is 5.97 Å². The zero-order valence-corrected chi connectivity index (χ0v) is 42.1. The van der Waals surface area contributed by atoms with Crippen LogP contribution in [0.2, 0.25) is 0 Å². The van der Waals surface area contributed by atoms with E-state index in [1.807, 2.05) is 6.08 Å². The summed E-state index contributed by atoms with van der Waals surface area (Å²) < 4.78 is 5.45. The first kappa shape index (κ1) is 61.1. The van der Waals surface area contributed by atoms with E-state index in [1.165, 1.54) is 199 Å². The number of hydrogen-bond acceptors (Lipinski definition) is 5. The van der Waals surface area contributed by atoms with E-state index in [0.29, 0.717) is 19.4 Å². The second-order valence-corrected chi connectivity index (χ2v) is 18.9. The first-order chi connectivity index (χ1) is 31.0. The zero-order chi connectivity index (χ0) is 45.8. The maximum Gasteiger partial charge on any atom is 0.305 e. The van der Waals surface area contributed by atoms with Crippen LogP contribution >= 0.6 is 0 Å². The Kier molecular flexibility index (Phi) is 51.1. The van der Waals surface area contributed by atoms with Gasteiger partial charge in [-0.05, 0) is 83.5 Å². The summed E-state index contributed by atoms with van der Waals surface area (Å²) >= 11 is 0. The summed E-state index contributed by atoms with van der Waals surface area (Å²) in [5.41, 5.74) is 0. The first-order valence-corrected chi connectivity index (χ1v) is 27.8. The minimum Gasteiger partial charge on any atom is -0.466 e. The Hall–Kier alpha value is -1.92. The molecule has 0 aliphatic carbocycles. The number of aliphatic hydroxyl groups excluding tert-OH is 2. The standard InChI is InChI=1S/C57H107NO5/c1-3-5-7-9-11-13-15-17-18-23-26-29-33-37-41-45-49-55(60)54(53-59)58-56(61)50-46-42-38-34-30-27-24-21-19-20-22-25-28-32-36-40-44-48-52-63-57(62)51-47-43-39-35-31-16-14-12-10-8-6-4-2/h12,14,21,24,45,49,54-55,59-60H,3-11,13,15-20,22-23,25-44,46-48,50-53H2,1-2H3,(H,58,61)/b14-12-,24-21-,49-45+. The largest absolute Gasteiger partial charge is 0.466 e. The van der Waals surface area contributed by atoms with Gasteiger partial charge in [-0.15, -0.1) is 0 Å². The van der Waals surface area contributed by atoms with Gasteiger partial charge in [-0.2, -0.15) is 0 Å². The molecule has 0 aliphatic rings. The molecule has 0 aromatic rings. The SMILES string of the molecule is CCCCC/C=C\CCCCCCCC(=O)OCCCCCCCCCCC/C=C\CCCCCCCC(=O)NC(CO)C(O)/C=C/CCCCCCCCCCCCCCCC. The Bertz CT molecular complexity index is 1020. The molecule has 0 saturated carbocycles. The van der Waals surface area contributed by atoms with Gasteiger partial charge in [0.1, 0.15) is 0 Å². The summed E-state index contributed by atoms with van der Waals surface area (Å²) in [5.74, 6) is -0.0904. The van der Waals surface area contributed by atoms with Gasteiger partial charge in [-0.3, -0.25) is 9.59 Å². The highest BCUT2D eigenvalue weighted by Gasteiger charge is 2.18. The number of esters is 1. The predicted octanol–water partition coefficient (Wildman–Crippen LogP) is 16.9. The van der Waals surface area contributed by atoms with E-state index in [4.69, 9.17) is 4.74 Å². The molecule has 6 nitrogen and oxygen atoms in total. The first-order valence-electron chi connectivity index (χ1n) is 27.8. The third-order valence-electron chi connectivity index (χ3n) is 12.6. The molecule has 1 amide bonds. The van der Waals surface area contributed by atoms with Crippen LogP contribution in [0.1, 0.15) is 290 Å². The van der Waals surface area contributed by atoms with Gasteiger partial charge in [0.05, 0.1) is 25.4 Å². The Morgan fingerprint density at radius 3 is 1.16 bits per heavy atom. The topological polar surface area (TPSA) is 95.9 Å². The maximum atomic E-state index is 12.4. The molecule has 0 aromatic carbocycles. The smallest absolute Gasteiger partial charge is 0.305 e. The van der Waals surface area contributed by atoms with Gasteiger partial charge in [0.25, 0.3) is 0 Å². The Morgan fingerprint density at radius 1 is 0.429 bits per heavy atom. The van der Waals surface area contributed by atoms with Crippen molar-refractivity contribution >= 4 is 11.9 Å². The fraction of sp³-hybridized carbons (Fsp3) is 0.860. The van der Waals surface area contributed by atoms with Crippen LogP contribution in [0.4, 0.5) is 0 Å². The molecule has 0 bridgehead atoms. The maximum absolute atomic E-state index is 12.4. The lowest BCUT2D eigenvalue weighted by Gasteiger charge is -2.20. The van der Waals surface area contributed by atoms with Crippen molar-refractivity contribution in [1.29, 1.82) is 0 Å². The number of hydrogen-bond donors (Lipinski definition) is 3. The number of rotatable bonds is 51. The third-order valence-corrected chi connectivity index (χ3v) is 12.6. The molecule has 0 rings (SSSR count). The summed E-state index contributed by atoms with van der Waals surface area (Å²) in [6.45, 7) is 4.86. The van der Waals surface area contributed by atoms with E-state index in [2.05, 4.69) is 43.5 Å². The molecule has 0 fully saturated rings. The molecule has 0 heterocycles. The van der Waals surface area contributed by atoms with Crippen molar-refractivity contribution < 1.29 is 24.5 Å². The van der Waals surface area contributed by atoms with Gasteiger partial charge in [0.15, 0.2) is 0 Å². The summed E-state index contributed by atoms with van der Waals surface area (Å²) in [4.78, 5) is 24.4. The number of nitrogens with one attached hydrogen (secondary N) is 1. The fourth-order valence-electron chi connectivity index (χ4n) is 8.33. The molecule has 0 radical (unpaired) electrons. The predicted molar refractivity (Wildman–Crippen MR) is 273 cm³/mol. The summed E-state index contributed by atoms with van der Waals surface area (Å²) in [5, 5.41) is 23.1. The zero-order valence-electron chi connectivity index (χ0n) is 42.1. The number of ether oxygens (including phenoxy) is 1. The van der Waals surface area contributed by atoms with Crippen LogP contribution in [-0.4, -0.2) is 47.4 Å². The van der Waals surface area contributed by atoms with Crippen molar-refractivity contribution in [3.05, 3.63) is 36.5 Å². The van der Waals surface area contributed by atoms with Crippen LogP contribution in [-0.2, 0) is 14.3 Å². The van der Waals surface area contributed by atoms with Gasteiger partial charge < -0.3 is 20.3 Å². The van der Waals surface area contributed by atoms with Crippen molar-refractivity contribution in [3.8, 4) is 0 Å². The lowest BCUT2D eigenvalue weighted by atomic mass is 10.0. The second-order valence-electron chi connectivity index (χ2n) is 18.9.